The Balaban J connectivity index is 1.80. The summed E-state index contributed by atoms with van der Waals surface area (Å²) < 4.78 is 5.69. The topological polar surface area (TPSA) is 58.6 Å². The van der Waals surface area contributed by atoms with Gasteiger partial charge in [-0.1, -0.05) is 53.5 Å². The van der Waals surface area contributed by atoms with Crippen molar-refractivity contribution in [3.8, 4) is 0 Å². The summed E-state index contributed by atoms with van der Waals surface area (Å²) in [5.41, 5.74) is 2.18. The van der Waals surface area contributed by atoms with Crippen molar-refractivity contribution >= 4 is 46.4 Å². The van der Waals surface area contributed by atoms with E-state index in [1.165, 1.54) is 11.3 Å². The molecule has 166 valence electrons. The van der Waals surface area contributed by atoms with Crippen LogP contribution in [0.2, 0.25) is 9.36 Å². The second kappa shape index (κ2) is 10.0. The summed E-state index contributed by atoms with van der Waals surface area (Å²) in [6.45, 7) is 1.13. The first-order valence-corrected chi connectivity index (χ1v) is 11.7. The van der Waals surface area contributed by atoms with Crippen LogP contribution in [-0.2, 0) is 16.1 Å². The van der Waals surface area contributed by atoms with Crippen LogP contribution in [0.25, 0.3) is 0 Å². The molecule has 3 aromatic rings. The second-order valence-corrected chi connectivity index (χ2v) is 9.68. The Morgan fingerprint density at radius 2 is 1.84 bits per heavy atom. The predicted molar refractivity (Wildman–Crippen MR) is 127 cm³/mol. The van der Waals surface area contributed by atoms with Gasteiger partial charge in [-0.2, -0.15) is 0 Å². The number of nitrogens with zero attached hydrogens (tertiary/aromatic N) is 1. The Morgan fingerprint density at radius 1 is 1.09 bits per heavy atom. The normalized spacial score (nSPS) is 17.8. The van der Waals surface area contributed by atoms with Gasteiger partial charge in [0.2, 0.25) is 5.91 Å². The van der Waals surface area contributed by atoms with Crippen LogP contribution in [0.3, 0.4) is 0 Å². The molecule has 0 saturated carbocycles. The van der Waals surface area contributed by atoms with Crippen LogP contribution in [-0.4, -0.2) is 37.0 Å². The number of methoxy groups -OCH3 is 1. The highest BCUT2D eigenvalue weighted by Gasteiger charge is 2.44. The smallest absolute Gasteiger partial charge is 0.255 e. The lowest BCUT2D eigenvalue weighted by Crippen LogP contribution is -2.47. The van der Waals surface area contributed by atoms with Gasteiger partial charge >= 0.3 is 0 Å². The van der Waals surface area contributed by atoms with Crippen LogP contribution < -0.4 is 5.32 Å². The van der Waals surface area contributed by atoms with E-state index in [4.69, 9.17) is 27.9 Å². The van der Waals surface area contributed by atoms with E-state index in [0.29, 0.717) is 40.2 Å². The molecule has 5 nitrogen and oxygen atoms in total. The molecule has 0 spiro atoms. The van der Waals surface area contributed by atoms with E-state index in [-0.39, 0.29) is 11.8 Å². The van der Waals surface area contributed by atoms with Gasteiger partial charge in [-0.15, -0.1) is 11.3 Å². The van der Waals surface area contributed by atoms with E-state index < -0.39 is 12.0 Å². The molecule has 2 unspecified atom stereocenters. The van der Waals surface area contributed by atoms with E-state index in [0.717, 1.165) is 10.4 Å². The van der Waals surface area contributed by atoms with Crippen molar-refractivity contribution < 1.29 is 14.3 Å². The van der Waals surface area contributed by atoms with Crippen molar-refractivity contribution in [3.63, 3.8) is 0 Å². The number of nitrogens with one attached hydrogen (secondary N) is 1. The molecule has 0 radical (unpaired) electrons. The van der Waals surface area contributed by atoms with Gasteiger partial charge < -0.3 is 15.0 Å². The largest absolute Gasteiger partial charge is 0.383 e. The lowest BCUT2D eigenvalue weighted by molar-refractivity contribution is -0.124. The molecule has 1 aliphatic rings. The molecule has 1 aromatic heterocycles. The van der Waals surface area contributed by atoms with Crippen LogP contribution >= 0.6 is 34.5 Å². The highest BCUT2D eigenvalue weighted by molar-refractivity contribution is 7.16. The molecule has 2 amide bonds. The third kappa shape index (κ3) is 4.69. The van der Waals surface area contributed by atoms with Crippen molar-refractivity contribution in [3.05, 3.63) is 91.6 Å². The number of halogens is 2. The van der Waals surface area contributed by atoms with Gasteiger partial charge in [-0.05, 0) is 41.5 Å². The molecule has 0 fully saturated rings. The number of benzene rings is 2. The molecule has 0 saturated heterocycles. The maximum absolute atomic E-state index is 13.6. The minimum atomic E-state index is -0.581. The highest BCUT2D eigenvalue weighted by atomic mass is 35.5. The summed E-state index contributed by atoms with van der Waals surface area (Å²) >= 11 is 13.7. The molecule has 0 aliphatic carbocycles. The predicted octanol–water partition coefficient (Wildman–Crippen LogP) is 5.30. The summed E-state index contributed by atoms with van der Waals surface area (Å²) in [5, 5.41) is 3.59. The number of rotatable bonds is 7. The minimum absolute atomic E-state index is 0.119. The average Bonchev–Trinajstić information content (AvgIpc) is 3.22. The maximum Gasteiger partial charge on any atom is 0.255 e. The number of carbonyl (C=O) groups excluding carboxylic acids is 2. The van der Waals surface area contributed by atoms with Gasteiger partial charge in [-0.3, -0.25) is 9.59 Å². The van der Waals surface area contributed by atoms with Gasteiger partial charge in [0.1, 0.15) is 0 Å². The van der Waals surface area contributed by atoms with Gasteiger partial charge in [0.25, 0.3) is 5.91 Å². The molecule has 0 bridgehead atoms. The van der Waals surface area contributed by atoms with Crippen LogP contribution in [0.5, 0.6) is 0 Å². The number of hydrogen-bond donors (Lipinski definition) is 1. The number of amides is 2. The number of thiophene rings is 1. The van der Waals surface area contributed by atoms with E-state index >= 15 is 0 Å². The monoisotopic (exact) mass is 488 g/mol. The van der Waals surface area contributed by atoms with Crippen LogP contribution in [0.4, 0.5) is 0 Å². The minimum Gasteiger partial charge on any atom is -0.383 e. The van der Waals surface area contributed by atoms with E-state index in [2.05, 4.69) is 5.32 Å². The van der Waals surface area contributed by atoms with Crippen molar-refractivity contribution in [1.29, 1.82) is 0 Å². The molecule has 1 N–H and O–H groups in total. The zero-order valence-electron chi connectivity index (χ0n) is 17.4. The zero-order chi connectivity index (χ0) is 22.7. The summed E-state index contributed by atoms with van der Waals surface area (Å²) in [7, 11) is 1.59. The Morgan fingerprint density at radius 3 is 2.53 bits per heavy atom. The van der Waals surface area contributed by atoms with Gasteiger partial charge in [0.05, 0.1) is 22.9 Å². The highest BCUT2D eigenvalue weighted by Crippen LogP contribution is 2.46. The Kier molecular flexibility index (Phi) is 7.16. The summed E-state index contributed by atoms with van der Waals surface area (Å²) in [6, 6.07) is 17.9. The first-order chi connectivity index (χ1) is 15.5. The molecule has 2 atom stereocenters. The van der Waals surface area contributed by atoms with Crippen LogP contribution in [0, 0.1) is 0 Å². The quantitative estimate of drug-likeness (QED) is 0.459. The first-order valence-electron chi connectivity index (χ1n) is 10.2. The van der Waals surface area contributed by atoms with Crippen molar-refractivity contribution in [2.24, 2.45) is 0 Å². The first kappa shape index (κ1) is 22.8. The van der Waals surface area contributed by atoms with Gasteiger partial charge in [-0.25, -0.2) is 0 Å². The molecule has 2 aromatic carbocycles. The number of hydrogen-bond acceptors (Lipinski definition) is 4. The Labute approximate surface area is 200 Å². The molecule has 2 heterocycles. The fraction of sp³-hybridized carbons (Fsp3) is 0.250. The van der Waals surface area contributed by atoms with Crippen molar-refractivity contribution in [2.45, 2.75) is 18.5 Å². The number of ether oxygens (including phenoxy) is 1. The Hall–Kier alpha value is -2.38. The summed E-state index contributed by atoms with van der Waals surface area (Å²) in [4.78, 5) is 29.7. The molecule has 32 heavy (non-hydrogen) atoms. The molecule has 1 aliphatic heterocycles. The second-order valence-electron chi connectivity index (χ2n) is 7.49. The molecular weight excluding hydrogens is 467 g/mol. The molecular formula is C24H22Cl2N2O3S. The van der Waals surface area contributed by atoms with Crippen molar-refractivity contribution in [2.75, 3.05) is 20.3 Å². The number of carbonyl (C=O) groups is 2. The maximum atomic E-state index is 13.6. The third-order valence-electron chi connectivity index (χ3n) is 5.48. The van der Waals surface area contributed by atoms with Crippen molar-refractivity contribution in [1.82, 2.24) is 10.2 Å². The fourth-order valence-electron chi connectivity index (χ4n) is 4.03. The molecule has 4 rings (SSSR count). The van der Waals surface area contributed by atoms with E-state index in [1.54, 1.807) is 36.3 Å². The van der Waals surface area contributed by atoms with E-state index in [1.807, 2.05) is 36.4 Å². The van der Waals surface area contributed by atoms with Gasteiger partial charge in [0, 0.05) is 35.7 Å². The lowest BCUT2D eigenvalue weighted by atomic mass is 9.81. The average molecular weight is 489 g/mol. The van der Waals surface area contributed by atoms with Crippen LogP contribution in [0.1, 0.15) is 38.3 Å². The lowest BCUT2D eigenvalue weighted by Gasteiger charge is -2.41. The molecule has 8 heteroatoms. The van der Waals surface area contributed by atoms with Crippen LogP contribution in [0.15, 0.2) is 60.7 Å². The third-order valence-corrected chi connectivity index (χ3v) is 7.03. The fourth-order valence-corrected chi connectivity index (χ4v) is 5.36. The van der Waals surface area contributed by atoms with E-state index in [9.17, 15) is 9.59 Å². The standard InChI is InChI=1S/C24H22Cl2N2O3S/c1-31-13-12-27-23(29)21-17-4-2-3-5-18(17)24(30)28(14-15-6-8-16(25)9-7-15)22(21)19-10-11-20(26)32-19/h2-11,21-22H,12-14H2,1H3,(H,27,29). The zero-order valence-corrected chi connectivity index (χ0v) is 19.7. The Bertz CT molecular complexity index is 1120. The summed E-state index contributed by atoms with van der Waals surface area (Å²) in [5.74, 6) is -0.855. The number of fused-ring (bicyclic) bond motifs is 1. The van der Waals surface area contributed by atoms with Gasteiger partial charge in [0.15, 0.2) is 0 Å². The summed E-state index contributed by atoms with van der Waals surface area (Å²) in [6.07, 6.45) is 0. The SMILES string of the molecule is COCCNC(=O)C1c2ccccc2C(=O)N(Cc2ccc(Cl)cc2)C1c1ccc(Cl)s1.